The van der Waals surface area contributed by atoms with Gasteiger partial charge in [-0.1, -0.05) is 6.92 Å². The van der Waals surface area contributed by atoms with Gasteiger partial charge in [-0.2, -0.15) is 0 Å². The molecule has 3 N–H and O–H groups in total. The van der Waals surface area contributed by atoms with Crippen molar-refractivity contribution in [2.24, 2.45) is 11.8 Å². The number of anilines is 1. The summed E-state index contributed by atoms with van der Waals surface area (Å²) in [5.74, 6) is 0.734. The van der Waals surface area contributed by atoms with Gasteiger partial charge >= 0.3 is 0 Å². The van der Waals surface area contributed by atoms with E-state index in [1.165, 1.54) is 11.3 Å². The van der Waals surface area contributed by atoms with Crippen molar-refractivity contribution in [3.05, 3.63) is 11.6 Å². The van der Waals surface area contributed by atoms with Gasteiger partial charge in [-0.15, -0.1) is 11.3 Å². The smallest absolute Gasteiger partial charge is 0.243 e. The van der Waals surface area contributed by atoms with Gasteiger partial charge in [-0.05, 0) is 31.1 Å². The van der Waals surface area contributed by atoms with E-state index in [0.717, 1.165) is 19.5 Å². The molecule has 1 amide bonds. The molecule has 0 radical (unpaired) electrons. The number of hydrogen-bond acceptors (Lipinski definition) is 6. The molecule has 0 spiro atoms. The number of carbonyl (C=O) groups excluding carboxylic acids is 1. The molecule has 3 rings (SSSR count). The number of aliphatic hydroxyl groups is 2. The van der Waals surface area contributed by atoms with Crippen molar-refractivity contribution in [3.63, 3.8) is 0 Å². The molecule has 1 aromatic rings. The van der Waals surface area contributed by atoms with E-state index in [2.05, 4.69) is 15.2 Å². The third-order valence-electron chi connectivity index (χ3n) is 4.93. The van der Waals surface area contributed by atoms with Crippen LogP contribution in [0.5, 0.6) is 0 Å². The molecule has 5 atom stereocenters. The number of carbonyl (C=O) groups is 1. The van der Waals surface area contributed by atoms with Crippen LogP contribution in [0.2, 0.25) is 0 Å². The SMILES string of the molecule is CC[C@H](C(=O)Nc1nccs1)N1C[C@H]2C[C@H](O)[C@H](O)C[C@H]2C1. The van der Waals surface area contributed by atoms with E-state index in [4.69, 9.17) is 0 Å². The zero-order chi connectivity index (χ0) is 15.7. The van der Waals surface area contributed by atoms with Crippen molar-refractivity contribution in [2.45, 2.75) is 44.4 Å². The van der Waals surface area contributed by atoms with Crippen molar-refractivity contribution < 1.29 is 15.0 Å². The lowest BCUT2D eigenvalue weighted by molar-refractivity contribution is -0.121. The number of nitrogens with one attached hydrogen (secondary N) is 1. The van der Waals surface area contributed by atoms with E-state index < -0.39 is 12.2 Å². The summed E-state index contributed by atoms with van der Waals surface area (Å²) in [4.78, 5) is 18.8. The minimum atomic E-state index is -0.620. The van der Waals surface area contributed by atoms with Gasteiger partial charge in [0.25, 0.3) is 0 Å². The van der Waals surface area contributed by atoms with Crippen LogP contribution < -0.4 is 5.32 Å². The van der Waals surface area contributed by atoms with E-state index in [9.17, 15) is 15.0 Å². The number of nitrogens with zero attached hydrogens (tertiary/aromatic N) is 2. The fourth-order valence-electron chi connectivity index (χ4n) is 3.78. The highest BCUT2D eigenvalue weighted by Gasteiger charge is 2.43. The maximum absolute atomic E-state index is 12.5. The van der Waals surface area contributed by atoms with Gasteiger partial charge in [-0.25, -0.2) is 4.98 Å². The molecule has 1 aromatic heterocycles. The number of amides is 1. The minimum Gasteiger partial charge on any atom is -0.390 e. The molecule has 1 saturated heterocycles. The monoisotopic (exact) mass is 325 g/mol. The third kappa shape index (κ3) is 3.17. The molecule has 122 valence electrons. The number of thiazole rings is 1. The predicted octanol–water partition coefficient (Wildman–Crippen LogP) is 0.924. The summed E-state index contributed by atoms with van der Waals surface area (Å²) in [5, 5.41) is 25.0. The number of hydrogen-bond donors (Lipinski definition) is 3. The van der Waals surface area contributed by atoms with Gasteiger partial charge in [0.1, 0.15) is 0 Å². The van der Waals surface area contributed by atoms with Crippen molar-refractivity contribution in [3.8, 4) is 0 Å². The van der Waals surface area contributed by atoms with E-state index in [1.54, 1.807) is 6.20 Å². The van der Waals surface area contributed by atoms with Crippen LogP contribution in [0.4, 0.5) is 5.13 Å². The maximum atomic E-state index is 12.5. The van der Waals surface area contributed by atoms with Crippen molar-refractivity contribution in [2.75, 3.05) is 18.4 Å². The Morgan fingerprint density at radius 1 is 1.41 bits per heavy atom. The van der Waals surface area contributed by atoms with Crippen molar-refractivity contribution in [1.82, 2.24) is 9.88 Å². The first-order chi connectivity index (χ1) is 10.6. The van der Waals surface area contributed by atoms with E-state index in [-0.39, 0.29) is 11.9 Å². The Labute approximate surface area is 134 Å². The fourth-order valence-corrected chi connectivity index (χ4v) is 4.31. The first-order valence-corrected chi connectivity index (χ1v) is 8.77. The second-order valence-electron chi connectivity index (χ2n) is 6.33. The van der Waals surface area contributed by atoms with Crippen LogP contribution in [-0.4, -0.2) is 57.3 Å². The standard InChI is InChI=1S/C15H23N3O3S/c1-2-11(14(21)17-15-16-3-4-22-15)18-7-9-5-12(19)13(20)6-10(9)8-18/h3-4,9-13,19-20H,2,5-8H2,1H3,(H,16,17,21)/t9-,10+,11-,12+,13-/m1/s1. The lowest BCUT2D eigenvalue weighted by atomic mass is 9.79. The Morgan fingerprint density at radius 3 is 2.55 bits per heavy atom. The van der Waals surface area contributed by atoms with Gasteiger partial charge in [0, 0.05) is 24.7 Å². The van der Waals surface area contributed by atoms with E-state index in [0.29, 0.717) is 29.8 Å². The summed E-state index contributed by atoms with van der Waals surface area (Å²) in [6.45, 7) is 3.65. The molecule has 6 nitrogen and oxygen atoms in total. The maximum Gasteiger partial charge on any atom is 0.243 e. The summed E-state index contributed by atoms with van der Waals surface area (Å²) >= 11 is 1.41. The van der Waals surface area contributed by atoms with Crippen LogP contribution in [0.1, 0.15) is 26.2 Å². The molecule has 0 unspecified atom stereocenters. The average Bonchev–Trinajstić information content (AvgIpc) is 3.10. The topological polar surface area (TPSA) is 85.7 Å². The molecule has 2 aliphatic rings. The largest absolute Gasteiger partial charge is 0.390 e. The summed E-state index contributed by atoms with van der Waals surface area (Å²) in [6.07, 6.45) is 2.44. The Morgan fingerprint density at radius 2 is 2.05 bits per heavy atom. The Bertz CT molecular complexity index is 492. The first-order valence-electron chi connectivity index (χ1n) is 7.89. The first kappa shape index (κ1) is 15.9. The third-order valence-corrected chi connectivity index (χ3v) is 5.62. The highest BCUT2D eigenvalue weighted by molar-refractivity contribution is 7.13. The molecule has 2 fully saturated rings. The molecular formula is C15H23N3O3S. The van der Waals surface area contributed by atoms with Crippen LogP contribution in [0.3, 0.4) is 0 Å². The number of aromatic nitrogens is 1. The molecule has 2 heterocycles. The predicted molar refractivity (Wildman–Crippen MR) is 84.6 cm³/mol. The number of likely N-dealkylation sites (tertiary alicyclic amines) is 1. The lowest BCUT2D eigenvalue weighted by Crippen LogP contribution is -2.42. The van der Waals surface area contributed by atoms with Crippen LogP contribution >= 0.6 is 11.3 Å². The normalized spacial score (nSPS) is 33.4. The second-order valence-corrected chi connectivity index (χ2v) is 7.23. The van der Waals surface area contributed by atoms with E-state index in [1.807, 2.05) is 12.3 Å². The van der Waals surface area contributed by atoms with Gasteiger partial charge < -0.3 is 15.5 Å². The van der Waals surface area contributed by atoms with Gasteiger partial charge in [-0.3, -0.25) is 9.69 Å². The van der Waals surface area contributed by atoms with Gasteiger partial charge in [0.05, 0.1) is 18.2 Å². The molecule has 0 bridgehead atoms. The molecule has 1 aliphatic carbocycles. The Kier molecular flexibility index (Phi) is 4.77. The molecule has 1 saturated carbocycles. The van der Waals surface area contributed by atoms with Crippen molar-refractivity contribution in [1.29, 1.82) is 0 Å². The molecule has 0 aromatic carbocycles. The average molecular weight is 325 g/mol. The number of rotatable bonds is 4. The van der Waals surface area contributed by atoms with Crippen LogP contribution in [-0.2, 0) is 4.79 Å². The number of aliphatic hydroxyl groups excluding tert-OH is 2. The van der Waals surface area contributed by atoms with Crippen LogP contribution in [0, 0.1) is 11.8 Å². The quantitative estimate of drug-likeness (QED) is 0.766. The summed E-state index contributed by atoms with van der Waals surface area (Å²) in [5.41, 5.74) is 0. The van der Waals surface area contributed by atoms with Gasteiger partial charge in [0.2, 0.25) is 5.91 Å². The number of fused-ring (bicyclic) bond motifs is 1. The lowest BCUT2D eigenvalue weighted by Gasteiger charge is -2.32. The highest BCUT2D eigenvalue weighted by atomic mass is 32.1. The van der Waals surface area contributed by atoms with Crippen LogP contribution in [0.15, 0.2) is 11.6 Å². The molecule has 22 heavy (non-hydrogen) atoms. The summed E-state index contributed by atoms with van der Waals surface area (Å²) in [6, 6.07) is -0.177. The van der Waals surface area contributed by atoms with Crippen LogP contribution in [0.25, 0.3) is 0 Å². The molecular weight excluding hydrogens is 302 g/mol. The zero-order valence-electron chi connectivity index (χ0n) is 12.7. The molecule has 1 aliphatic heterocycles. The zero-order valence-corrected chi connectivity index (χ0v) is 13.5. The van der Waals surface area contributed by atoms with Crippen molar-refractivity contribution >= 4 is 22.4 Å². The Hall–Kier alpha value is -1.02. The Balaban J connectivity index is 1.63. The summed E-state index contributed by atoms with van der Waals surface area (Å²) < 4.78 is 0. The fraction of sp³-hybridized carbons (Fsp3) is 0.733. The van der Waals surface area contributed by atoms with Gasteiger partial charge in [0.15, 0.2) is 5.13 Å². The van der Waals surface area contributed by atoms with E-state index >= 15 is 0 Å². The second kappa shape index (κ2) is 6.62. The minimum absolute atomic E-state index is 0.0165. The summed E-state index contributed by atoms with van der Waals surface area (Å²) in [7, 11) is 0. The molecule has 7 heteroatoms. The highest BCUT2D eigenvalue weighted by Crippen LogP contribution is 2.37.